The highest BCUT2D eigenvalue weighted by Crippen LogP contribution is 2.37. The molecule has 37 heavy (non-hydrogen) atoms. The number of ether oxygens (including phenoxy) is 3. The molecule has 198 valence electrons. The number of aromatic nitrogens is 4. The fourth-order valence-electron chi connectivity index (χ4n) is 4.22. The van der Waals surface area contributed by atoms with Gasteiger partial charge in [-0.3, -0.25) is 4.79 Å². The fourth-order valence-corrected chi connectivity index (χ4v) is 4.92. The Morgan fingerprint density at radius 3 is 2.70 bits per heavy atom. The maximum absolute atomic E-state index is 12.8. The van der Waals surface area contributed by atoms with E-state index in [0.29, 0.717) is 36.7 Å². The summed E-state index contributed by atoms with van der Waals surface area (Å²) in [5.74, 6) is 0.819. The number of hydrogen-bond donors (Lipinski definition) is 1. The van der Waals surface area contributed by atoms with Gasteiger partial charge in [0.05, 0.1) is 6.33 Å². The molecule has 10 nitrogen and oxygen atoms in total. The van der Waals surface area contributed by atoms with Crippen LogP contribution in [0.25, 0.3) is 11.2 Å². The minimum atomic E-state index is -0.583. The summed E-state index contributed by atoms with van der Waals surface area (Å²) in [6, 6.07) is 7.91. The summed E-state index contributed by atoms with van der Waals surface area (Å²) in [6.45, 7) is 10.5. The van der Waals surface area contributed by atoms with E-state index in [9.17, 15) is 9.59 Å². The maximum atomic E-state index is 12.8. The first-order valence-corrected chi connectivity index (χ1v) is 13.3. The molecule has 0 saturated carbocycles. The van der Waals surface area contributed by atoms with Crippen molar-refractivity contribution in [2.24, 2.45) is 0 Å². The van der Waals surface area contributed by atoms with Crippen molar-refractivity contribution < 1.29 is 19.0 Å². The van der Waals surface area contributed by atoms with Crippen molar-refractivity contribution in [3.8, 4) is 0 Å². The Morgan fingerprint density at radius 2 is 2.05 bits per heavy atom. The molecule has 1 aromatic carbocycles. The van der Waals surface area contributed by atoms with Crippen LogP contribution in [0.4, 0.5) is 4.79 Å². The van der Waals surface area contributed by atoms with Crippen molar-refractivity contribution >= 4 is 39.8 Å². The van der Waals surface area contributed by atoms with Crippen LogP contribution in [-0.2, 0) is 20.8 Å². The molecule has 0 radical (unpaired) electrons. The largest absolute Gasteiger partial charge is 0.462 e. The summed E-state index contributed by atoms with van der Waals surface area (Å²) in [6.07, 6.45) is 3.21. The van der Waals surface area contributed by atoms with Gasteiger partial charge in [0.1, 0.15) is 29.4 Å². The van der Waals surface area contributed by atoms with Crippen LogP contribution < -0.4 is 5.56 Å². The number of benzene rings is 1. The van der Waals surface area contributed by atoms with Crippen LogP contribution in [-0.4, -0.2) is 55.5 Å². The number of carbonyl (C=O) groups excluding carboxylic acids is 1. The summed E-state index contributed by atoms with van der Waals surface area (Å²) >= 11 is 2.29. The Kier molecular flexibility index (Phi) is 8.10. The number of aromatic amines is 1. The topological polar surface area (TPSA) is 112 Å². The second kappa shape index (κ2) is 11.1. The van der Waals surface area contributed by atoms with E-state index in [1.165, 1.54) is 6.33 Å². The number of nitrogens with one attached hydrogen (secondary N) is 1. The summed E-state index contributed by atoms with van der Waals surface area (Å²) in [5.41, 5.74) is 0.801. The number of fused-ring (bicyclic) bond motifs is 1. The van der Waals surface area contributed by atoms with Gasteiger partial charge in [-0.05, 0) is 75.3 Å². The van der Waals surface area contributed by atoms with Crippen molar-refractivity contribution in [3.05, 3.63) is 67.9 Å². The Labute approximate surface area is 229 Å². The molecule has 0 bridgehead atoms. The van der Waals surface area contributed by atoms with Gasteiger partial charge in [-0.1, -0.05) is 18.2 Å². The lowest BCUT2D eigenvalue weighted by Gasteiger charge is -2.30. The van der Waals surface area contributed by atoms with Crippen LogP contribution in [0.2, 0.25) is 0 Å². The molecule has 11 heteroatoms. The lowest BCUT2D eigenvalue weighted by atomic mass is 9.96. The molecule has 0 aliphatic carbocycles. The van der Waals surface area contributed by atoms with E-state index in [0.717, 1.165) is 9.13 Å². The number of aryl methyl sites for hydroxylation is 1. The van der Waals surface area contributed by atoms with E-state index >= 15 is 0 Å². The molecule has 3 heterocycles. The predicted molar refractivity (Wildman–Crippen MR) is 147 cm³/mol. The predicted octanol–water partition coefficient (Wildman–Crippen LogP) is 4.74. The average molecular weight is 621 g/mol. The maximum Gasteiger partial charge on any atom is 0.410 e. The number of nitrogens with zero attached hydrogens (tertiary/aromatic N) is 4. The van der Waals surface area contributed by atoms with E-state index in [1.807, 2.05) is 63.5 Å². The quantitative estimate of drug-likeness (QED) is 0.362. The molecule has 2 aromatic heterocycles. The lowest BCUT2D eigenvalue weighted by molar-refractivity contribution is 0.0187. The van der Waals surface area contributed by atoms with E-state index in [1.54, 1.807) is 11.2 Å². The second-order valence-corrected chi connectivity index (χ2v) is 11.2. The van der Waals surface area contributed by atoms with Gasteiger partial charge in [0.25, 0.3) is 5.56 Å². The molecule has 1 aliphatic heterocycles. The van der Waals surface area contributed by atoms with Gasteiger partial charge in [0.15, 0.2) is 11.2 Å². The van der Waals surface area contributed by atoms with Crippen LogP contribution >= 0.6 is 22.6 Å². The number of H-pyrrole nitrogens is 1. The number of rotatable bonds is 8. The van der Waals surface area contributed by atoms with Crippen molar-refractivity contribution in [2.45, 2.75) is 65.1 Å². The zero-order valence-electron chi connectivity index (χ0n) is 21.7. The van der Waals surface area contributed by atoms with Gasteiger partial charge in [-0.25, -0.2) is 14.8 Å². The van der Waals surface area contributed by atoms with E-state index < -0.39 is 11.5 Å². The Balaban J connectivity index is 1.72. The Bertz CT molecular complexity index is 1360. The molecular weight excluding hydrogens is 589 g/mol. The lowest BCUT2D eigenvalue weighted by Crippen LogP contribution is -2.41. The minimum Gasteiger partial charge on any atom is -0.462 e. The van der Waals surface area contributed by atoms with E-state index in [-0.39, 0.29) is 30.0 Å². The van der Waals surface area contributed by atoms with E-state index in [2.05, 4.69) is 32.6 Å². The average Bonchev–Trinajstić information content (AvgIpc) is 3.46. The normalized spacial score (nSPS) is 14.3. The van der Waals surface area contributed by atoms with E-state index in [4.69, 9.17) is 19.2 Å². The second-order valence-electron chi connectivity index (χ2n) is 10.1. The highest BCUT2D eigenvalue weighted by atomic mass is 127. The summed E-state index contributed by atoms with van der Waals surface area (Å²) in [7, 11) is 0. The Hall–Kier alpha value is -3.09. The van der Waals surface area contributed by atoms with Crippen LogP contribution in [0.5, 0.6) is 0 Å². The molecule has 4 rings (SSSR count). The van der Waals surface area contributed by atoms with Crippen molar-refractivity contribution in [2.75, 3.05) is 13.3 Å². The number of imidazole rings is 1. The highest BCUT2D eigenvalue weighted by Gasteiger charge is 2.32. The zero-order valence-corrected chi connectivity index (χ0v) is 23.8. The molecule has 1 N–H and O–H groups in total. The SMILES string of the molecule is CC(C)N(CCCn1c(C(C2=COCO2)c2ccccc2I)nc2c(=O)[nH]cnc21)C(=O)OC(C)(C)C. The van der Waals surface area contributed by atoms with Gasteiger partial charge in [0, 0.05) is 22.7 Å². The number of allylic oxidation sites excluding steroid dienone is 1. The van der Waals surface area contributed by atoms with Gasteiger partial charge in [-0.2, -0.15) is 0 Å². The third-order valence-corrected chi connectivity index (χ3v) is 6.83. The highest BCUT2D eigenvalue weighted by molar-refractivity contribution is 14.1. The summed E-state index contributed by atoms with van der Waals surface area (Å²) in [5, 5.41) is 0. The van der Waals surface area contributed by atoms with Gasteiger partial charge < -0.3 is 28.7 Å². The smallest absolute Gasteiger partial charge is 0.410 e. The number of amides is 1. The van der Waals surface area contributed by atoms with Crippen LogP contribution in [0.1, 0.15) is 58.3 Å². The third kappa shape index (κ3) is 6.08. The standard InChI is InChI=1S/C26H32IN5O5/c1-16(2)31(25(34)37-26(3,4)5)11-8-12-32-22(30-21-23(32)28-14-29-24(21)33)20(19-13-35-15-36-19)17-9-6-7-10-18(17)27/h6-7,9-10,13-14,16,20H,8,11-12,15H2,1-5H3,(H,28,29,33). The Morgan fingerprint density at radius 1 is 1.30 bits per heavy atom. The number of carbonyl (C=O) groups is 1. The number of hydrogen-bond acceptors (Lipinski definition) is 7. The minimum absolute atomic E-state index is 0.0392. The molecule has 1 unspecified atom stereocenters. The molecule has 1 atom stereocenters. The molecule has 1 aliphatic rings. The van der Waals surface area contributed by atoms with Gasteiger partial charge in [-0.15, -0.1) is 0 Å². The van der Waals surface area contributed by atoms with Crippen LogP contribution in [0.15, 0.2) is 47.4 Å². The molecular formula is C26H32IN5O5. The van der Waals surface area contributed by atoms with Crippen LogP contribution in [0, 0.1) is 3.57 Å². The first kappa shape index (κ1) is 27.0. The number of halogens is 1. The van der Waals surface area contributed by atoms with Gasteiger partial charge in [0.2, 0.25) is 6.79 Å². The molecule has 0 spiro atoms. The fraction of sp³-hybridized carbons (Fsp3) is 0.462. The van der Waals surface area contributed by atoms with Crippen LogP contribution in [0.3, 0.4) is 0 Å². The summed E-state index contributed by atoms with van der Waals surface area (Å²) in [4.78, 5) is 39.0. The molecule has 0 saturated heterocycles. The van der Waals surface area contributed by atoms with Crippen molar-refractivity contribution in [3.63, 3.8) is 0 Å². The van der Waals surface area contributed by atoms with Gasteiger partial charge >= 0.3 is 6.09 Å². The zero-order chi connectivity index (χ0) is 26.7. The van der Waals surface area contributed by atoms with Crippen molar-refractivity contribution in [1.29, 1.82) is 0 Å². The monoisotopic (exact) mass is 621 g/mol. The molecule has 3 aromatic rings. The first-order valence-electron chi connectivity index (χ1n) is 12.2. The molecule has 1 amide bonds. The summed E-state index contributed by atoms with van der Waals surface area (Å²) < 4.78 is 19.8. The third-order valence-electron chi connectivity index (χ3n) is 5.85. The van der Waals surface area contributed by atoms with Crippen molar-refractivity contribution in [1.82, 2.24) is 24.4 Å². The molecule has 0 fully saturated rings. The first-order chi connectivity index (χ1) is 17.6.